The van der Waals surface area contributed by atoms with Crippen molar-refractivity contribution < 1.29 is 4.79 Å². The lowest BCUT2D eigenvalue weighted by atomic mass is 9.93. The van der Waals surface area contributed by atoms with E-state index >= 15 is 0 Å². The number of benzene rings is 1. The summed E-state index contributed by atoms with van der Waals surface area (Å²) in [6.07, 6.45) is 0. The maximum Gasteiger partial charge on any atom is 0.234 e. The largest absolute Gasteiger partial charge is 0.368 e. The molecule has 0 saturated carbocycles. The van der Waals surface area contributed by atoms with Crippen LogP contribution >= 0.6 is 0 Å². The molecule has 19 heavy (non-hydrogen) atoms. The van der Waals surface area contributed by atoms with Gasteiger partial charge < -0.3 is 5.73 Å². The molecule has 0 fully saturated rings. The molecule has 1 aromatic carbocycles. The van der Waals surface area contributed by atoms with Gasteiger partial charge in [0.05, 0.1) is 6.04 Å². The molecule has 3 nitrogen and oxygen atoms in total. The van der Waals surface area contributed by atoms with Crippen LogP contribution in [-0.4, -0.2) is 11.9 Å². The van der Waals surface area contributed by atoms with Gasteiger partial charge in [-0.3, -0.25) is 10.1 Å². The van der Waals surface area contributed by atoms with Gasteiger partial charge in [0, 0.05) is 6.04 Å². The number of carbonyl (C=O) groups is 1. The first-order valence-corrected chi connectivity index (χ1v) is 6.98. The molecule has 0 bridgehead atoms. The maximum absolute atomic E-state index is 11.2. The molecule has 106 valence electrons. The standard InChI is InChI=1S/C16H26N2O/c1-10(2)13-6-8-14(9-7-13)15(11(3)4)18-12(5)16(17)19/h6-12,15,18H,1-5H3,(H2,17,19)/t12-,15+/m0/s1. The van der Waals surface area contributed by atoms with Crippen LogP contribution < -0.4 is 11.1 Å². The number of primary amides is 1. The van der Waals surface area contributed by atoms with Crippen LogP contribution in [-0.2, 0) is 4.79 Å². The highest BCUT2D eigenvalue weighted by Crippen LogP contribution is 2.24. The van der Waals surface area contributed by atoms with Crippen molar-refractivity contribution >= 4 is 5.91 Å². The monoisotopic (exact) mass is 262 g/mol. The Labute approximate surface area is 116 Å². The molecule has 0 heterocycles. The molecule has 2 atom stereocenters. The predicted molar refractivity (Wildman–Crippen MR) is 79.9 cm³/mol. The predicted octanol–water partition coefficient (Wildman–Crippen LogP) is 2.97. The van der Waals surface area contributed by atoms with Crippen LogP contribution in [0.1, 0.15) is 57.7 Å². The van der Waals surface area contributed by atoms with E-state index < -0.39 is 0 Å². The Balaban J connectivity index is 2.90. The van der Waals surface area contributed by atoms with Gasteiger partial charge in [-0.1, -0.05) is 52.0 Å². The summed E-state index contributed by atoms with van der Waals surface area (Å²) in [5, 5.41) is 3.31. The van der Waals surface area contributed by atoms with Crippen molar-refractivity contribution in [2.24, 2.45) is 11.7 Å². The third kappa shape index (κ3) is 4.35. The highest BCUT2D eigenvalue weighted by molar-refractivity contribution is 5.79. The third-order valence-electron chi connectivity index (χ3n) is 3.49. The van der Waals surface area contributed by atoms with Crippen LogP contribution in [0.5, 0.6) is 0 Å². The summed E-state index contributed by atoms with van der Waals surface area (Å²) in [7, 11) is 0. The second-order valence-electron chi connectivity index (χ2n) is 5.83. The molecular formula is C16H26N2O. The van der Waals surface area contributed by atoms with Gasteiger partial charge >= 0.3 is 0 Å². The number of nitrogens with two attached hydrogens (primary N) is 1. The fourth-order valence-corrected chi connectivity index (χ4v) is 2.11. The highest BCUT2D eigenvalue weighted by atomic mass is 16.1. The van der Waals surface area contributed by atoms with Crippen molar-refractivity contribution in [3.63, 3.8) is 0 Å². The fourth-order valence-electron chi connectivity index (χ4n) is 2.11. The number of nitrogens with one attached hydrogen (secondary N) is 1. The van der Waals surface area contributed by atoms with E-state index in [2.05, 4.69) is 57.3 Å². The van der Waals surface area contributed by atoms with Gasteiger partial charge in [0.2, 0.25) is 5.91 Å². The van der Waals surface area contributed by atoms with E-state index in [-0.39, 0.29) is 18.0 Å². The lowest BCUT2D eigenvalue weighted by Gasteiger charge is -2.26. The van der Waals surface area contributed by atoms with Gasteiger partial charge in [0.25, 0.3) is 0 Å². The average Bonchev–Trinajstić information content (AvgIpc) is 2.35. The van der Waals surface area contributed by atoms with Crippen LogP contribution in [0.4, 0.5) is 0 Å². The Bertz CT molecular complexity index is 409. The topological polar surface area (TPSA) is 55.1 Å². The molecular weight excluding hydrogens is 236 g/mol. The molecule has 3 N–H and O–H groups in total. The van der Waals surface area contributed by atoms with E-state index in [1.807, 2.05) is 0 Å². The third-order valence-corrected chi connectivity index (χ3v) is 3.49. The molecule has 0 aromatic heterocycles. The van der Waals surface area contributed by atoms with Gasteiger partial charge in [-0.15, -0.1) is 0 Å². The number of rotatable bonds is 6. The molecule has 0 aliphatic carbocycles. The first-order valence-electron chi connectivity index (χ1n) is 6.98. The Kier molecular flexibility index (Phi) is 5.55. The smallest absolute Gasteiger partial charge is 0.234 e. The minimum Gasteiger partial charge on any atom is -0.368 e. The average molecular weight is 262 g/mol. The summed E-state index contributed by atoms with van der Waals surface area (Å²) < 4.78 is 0. The Morgan fingerprint density at radius 1 is 1.00 bits per heavy atom. The second-order valence-corrected chi connectivity index (χ2v) is 5.83. The zero-order chi connectivity index (χ0) is 14.6. The van der Waals surface area contributed by atoms with Crippen molar-refractivity contribution in [2.45, 2.75) is 52.6 Å². The van der Waals surface area contributed by atoms with Crippen molar-refractivity contribution in [1.29, 1.82) is 0 Å². The Hall–Kier alpha value is -1.35. The minimum atomic E-state index is -0.322. The van der Waals surface area contributed by atoms with Crippen LogP contribution in [0.15, 0.2) is 24.3 Å². The molecule has 0 unspecified atom stereocenters. The highest BCUT2D eigenvalue weighted by Gasteiger charge is 2.20. The van der Waals surface area contributed by atoms with E-state index in [4.69, 9.17) is 5.73 Å². The zero-order valence-corrected chi connectivity index (χ0v) is 12.6. The van der Waals surface area contributed by atoms with Gasteiger partial charge in [0.15, 0.2) is 0 Å². The fraction of sp³-hybridized carbons (Fsp3) is 0.562. The van der Waals surface area contributed by atoms with E-state index in [1.165, 1.54) is 11.1 Å². The van der Waals surface area contributed by atoms with E-state index in [0.717, 1.165) is 0 Å². The maximum atomic E-state index is 11.2. The van der Waals surface area contributed by atoms with Crippen LogP contribution in [0.3, 0.4) is 0 Å². The van der Waals surface area contributed by atoms with Crippen LogP contribution in [0.25, 0.3) is 0 Å². The van der Waals surface area contributed by atoms with Gasteiger partial charge in [-0.05, 0) is 29.9 Å². The quantitative estimate of drug-likeness (QED) is 0.828. The van der Waals surface area contributed by atoms with Gasteiger partial charge in [-0.25, -0.2) is 0 Å². The Morgan fingerprint density at radius 2 is 1.47 bits per heavy atom. The first-order chi connectivity index (χ1) is 8.82. The van der Waals surface area contributed by atoms with Crippen molar-refractivity contribution in [3.8, 4) is 0 Å². The van der Waals surface area contributed by atoms with Crippen molar-refractivity contribution in [3.05, 3.63) is 35.4 Å². The molecule has 0 saturated heterocycles. The van der Waals surface area contributed by atoms with Crippen molar-refractivity contribution in [1.82, 2.24) is 5.32 Å². The van der Waals surface area contributed by atoms with E-state index in [0.29, 0.717) is 11.8 Å². The van der Waals surface area contributed by atoms with Crippen LogP contribution in [0.2, 0.25) is 0 Å². The summed E-state index contributed by atoms with van der Waals surface area (Å²) in [5.41, 5.74) is 7.85. The summed E-state index contributed by atoms with van der Waals surface area (Å²) >= 11 is 0. The van der Waals surface area contributed by atoms with E-state index in [9.17, 15) is 4.79 Å². The number of carbonyl (C=O) groups excluding carboxylic acids is 1. The lowest BCUT2D eigenvalue weighted by molar-refractivity contribution is -0.119. The number of hydrogen-bond acceptors (Lipinski definition) is 2. The first kappa shape index (κ1) is 15.7. The minimum absolute atomic E-state index is 0.142. The Morgan fingerprint density at radius 3 is 1.84 bits per heavy atom. The molecule has 0 spiro atoms. The molecule has 3 heteroatoms. The normalized spacial score (nSPS) is 14.7. The van der Waals surface area contributed by atoms with E-state index in [1.54, 1.807) is 6.92 Å². The molecule has 0 aliphatic rings. The van der Waals surface area contributed by atoms with Gasteiger partial charge in [-0.2, -0.15) is 0 Å². The zero-order valence-electron chi connectivity index (χ0n) is 12.6. The summed E-state index contributed by atoms with van der Waals surface area (Å²) in [6.45, 7) is 10.5. The van der Waals surface area contributed by atoms with Crippen molar-refractivity contribution in [2.75, 3.05) is 0 Å². The van der Waals surface area contributed by atoms with Crippen LogP contribution in [0, 0.1) is 5.92 Å². The molecule has 1 amide bonds. The number of hydrogen-bond donors (Lipinski definition) is 2. The number of amides is 1. The summed E-state index contributed by atoms with van der Waals surface area (Å²) in [5.74, 6) is 0.611. The summed E-state index contributed by atoms with van der Waals surface area (Å²) in [4.78, 5) is 11.2. The lowest BCUT2D eigenvalue weighted by Crippen LogP contribution is -2.42. The molecule has 1 rings (SSSR count). The molecule has 0 aliphatic heterocycles. The summed E-state index contributed by atoms with van der Waals surface area (Å²) in [6, 6.07) is 8.42. The second kappa shape index (κ2) is 6.71. The molecule has 1 aromatic rings. The SMILES string of the molecule is CC(C)c1ccc([C@H](N[C@@H](C)C(N)=O)C(C)C)cc1. The molecule has 0 radical (unpaired) electrons. The van der Waals surface area contributed by atoms with Gasteiger partial charge in [0.1, 0.15) is 0 Å².